The maximum Gasteiger partial charge on any atom is 0.257 e. The van der Waals surface area contributed by atoms with E-state index in [-0.39, 0.29) is 29.0 Å². The quantitative estimate of drug-likeness (QED) is 0.716. The molecule has 1 amide bonds. The van der Waals surface area contributed by atoms with Gasteiger partial charge in [-0.2, -0.15) is 0 Å². The van der Waals surface area contributed by atoms with E-state index in [0.29, 0.717) is 0 Å². The lowest BCUT2D eigenvalue weighted by Crippen LogP contribution is -2.52. The SMILES string of the molecule is Cc1cc(=O)c(C(=O)NC2CCCNC2C)c[nH]1. The maximum absolute atomic E-state index is 12.0. The number of rotatable bonds is 2. The van der Waals surface area contributed by atoms with E-state index in [9.17, 15) is 9.59 Å². The molecule has 1 aliphatic rings. The molecular weight excluding hydrogens is 230 g/mol. The van der Waals surface area contributed by atoms with Crippen LogP contribution >= 0.6 is 0 Å². The first kappa shape index (κ1) is 12.8. The minimum Gasteiger partial charge on any atom is -0.364 e. The zero-order chi connectivity index (χ0) is 13.1. The van der Waals surface area contributed by atoms with Gasteiger partial charge in [-0.15, -0.1) is 0 Å². The van der Waals surface area contributed by atoms with Crippen molar-refractivity contribution in [2.45, 2.75) is 38.8 Å². The average molecular weight is 249 g/mol. The van der Waals surface area contributed by atoms with Crippen molar-refractivity contribution in [1.82, 2.24) is 15.6 Å². The molecule has 5 nitrogen and oxygen atoms in total. The van der Waals surface area contributed by atoms with Crippen molar-refractivity contribution in [3.63, 3.8) is 0 Å². The van der Waals surface area contributed by atoms with Crippen molar-refractivity contribution < 1.29 is 4.79 Å². The number of amides is 1. The van der Waals surface area contributed by atoms with Gasteiger partial charge in [-0.3, -0.25) is 9.59 Å². The molecule has 2 unspecified atom stereocenters. The van der Waals surface area contributed by atoms with Crippen LogP contribution in [0.4, 0.5) is 0 Å². The highest BCUT2D eigenvalue weighted by atomic mass is 16.2. The van der Waals surface area contributed by atoms with Crippen molar-refractivity contribution in [3.8, 4) is 0 Å². The summed E-state index contributed by atoms with van der Waals surface area (Å²) < 4.78 is 0. The molecular formula is C13H19N3O2. The maximum atomic E-state index is 12.0. The predicted octanol–water partition coefficient (Wildman–Crippen LogP) is 0.554. The standard InChI is InChI=1S/C13H19N3O2/c1-8-6-12(17)10(7-15-8)13(18)16-11-4-3-5-14-9(11)2/h6-7,9,11,14H,3-5H2,1-2H3,(H,15,17)(H,16,18). The van der Waals surface area contributed by atoms with E-state index < -0.39 is 0 Å². The molecule has 0 aromatic carbocycles. The first-order chi connectivity index (χ1) is 8.58. The largest absolute Gasteiger partial charge is 0.364 e. The second-order valence-corrected chi connectivity index (χ2v) is 4.86. The minimum atomic E-state index is -0.295. The fourth-order valence-electron chi connectivity index (χ4n) is 2.24. The van der Waals surface area contributed by atoms with E-state index in [2.05, 4.69) is 15.6 Å². The van der Waals surface area contributed by atoms with Gasteiger partial charge in [0.05, 0.1) is 0 Å². The van der Waals surface area contributed by atoms with Gasteiger partial charge in [0, 0.05) is 30.0 Å². The molecule has 0 saturated carbocycles. The molecule has 2 atom stereocenters. The van der Waals surface area contributed by atoms with Crippen molar-refractivity contribution in [2.24, 2.45) is 0 Å². The summed E-state index contributed by atoms with van der Waals surface area (Å²) >= 11 is 0. The number of hydrogen-bond donors (Lipinski definition) is 3. The van der Waals surface area contributed by atoms with Crippen LogP contribution in [0.5, 0.6) is 0 Å². The number of H-pyrrole nitrogens is 1. The van der Waals surface area contributed by atoms with Crippen LogP contribution in [0.15, 0.2) is 17.1 Å². The van der Waals surface area contributed by atoms with Crippen LogP contribution in [0, 0.1) is 6.92 Å². The van der Waals surface area contributed by atoms with Gasteiger partial charge >= 0.3 is 0 Å². The number of nitrogens with one attached hydrogen (secondary N) is 3. The van der Waals surface area contributed by atoms with Crippen LogP contribution in [0.1, 0.15) is 35.8 Å². The molecule has 0 bridgehead atoms. The molecule has 2 heterocycles. The summed E-state index contributed by atoms with van der Waals surface area (Å²) in [6, 6.07) is 1.77. The highest BCUT2D eigenvalue weighted by molar-refractivity contribution is 5.94. The third kappa shape index (κ3) is 2.79. The average Bonchev–Trinajstić information content (AvgIpc) is 2.32. The Labute approximate surface area is 106 Å². The zero-order valence-corrected chi connectivity index (χ0v) is 10.7. The molecule has 1 aromatic heterocycles. The Bertz CT molecular complexity index is 495. The second-order valence-electron chi connectivity index (χ2n) is 4.86. The van der Waals surface area contributed by atoms with Crippen LogP contribution < -0.4 is 16.1 Å². The summed E-state index contributed by atoms with van der Waals surface area (Å²) in [5.41, 5.74) is 0.697. The lowest BCUT2D eigenvalue weighted by atomic mass is 9.99. The van der Waals surface area contributed by atoms with Crippen LogP contribution in [-0.2, 0) is 0 Å². The third-order valence-electron chi connectivity index (χ3n) is 3.38. The molecule has 1 aliphatic heterocycles. The highest BCUT2D eigenvalue weighted by Crippen LogP contribution is 2.08. The number of carbonyl (C=O) groups is 1. The van der Waals surface area contributed by atoms with Gasteiger partial charge in [0.25, 0.3) is 5.91 Å². The van der Waals surface area contributed by atoms with Crippen molar-refractivity contribution >= 4 is 5.91 Å². The topological polar surface area (TPSA) is 74.0 Å². The Morgan fingerprint density at radius 1 is 1.50 bits per heavy atom. The first-order valence-electron chi connectivity index (χ1n) is 6.31. The summed E-state index contributed by atoms with van der Waals surface area (Å²) in [5, 5.41) is 6.24. The van der Waals surface area contributed by atoms with Gasteiger partial charge in [-0.25, -0.2) is 0 Å². The predicted molar refractivity (Wildman–Crippen MR) is 69.8 cm³/mol. The highest BCUT2D eigenvalue weighted by Gasteiger charge is 2.23. The first-order valence-corrected chi connectivity index (χ1v) is 6.31. The van der Waals surface area contributed by atoms with Crippen LogP contribution in [0.3, 0.4) is 0 Å². The van der Waals surface area contributed by atoms with Crippen molar-refractivity contribution in [2.75, 3.05) is 6.54 Å². The molecule has 1 fully saturated rings. The number of piperidine rings is 1. The Morgan fingerprint density at radius 3 is 2.94 bits per heavy atom. The summed E-state index contributed by atoms with van der Waals surface area (Å²) in [5.74, 6) is -0.295. The molecule has 0 spiro atoms. The molecule has 3 N–H and O–H groups in total. The number of hydrogen-bond acceptors (Lipinski definition) is 3. The molecule has 2 rings (SSSR count). The normalized spacial score (nSPS) is 23.7. The zero-order valence-electron chi connectivity index (χ0n) is 10.7. The van der Waals surface area contributed by atoms with Gasteiger partial charge in [0.15, 0.2) is 5.43 Å². The van der Waals surface area contributed by atoms with Crippen molar-refractivity contribution in [1.29, 1.82) is 0 Å². The number of aromatic nitrogens is 1. The fraction of sp³-hybridized carbons (Fsp3) is 0.538. The Hall–Kier alpha value is -1.62. The van der Waals surface area contributed by atoms with E-state index in [1.807, 2.05) is 6.92 Å². The van der Waals surface area contributed by atoms with Gasteiger partial charge in [0.1, 0.15) is 5.56 Å². The molecule has 98 valence electrons. The van der Waals surface area contributed by atoms with E-state index in [4.69, 9.17) is 0 Å². The van der Waals surface area contributed by atoms with Crippen LogP contribution in [-0.4, -0.2) is 29.5 Å². The van der Waals surface area contributed by atoms with E-state index in [0.717, 1.165) is 25.1 Å². The molecule has 0 aliphatic carbocycles. The van der Waals surface area contributed by atoms with Gasteiger partial charge in [0.2, 0.25) is 0 Å². The molecule has 5 heteroatoms. The van der Waals surface area contributed by atoms with Crippen LogP contribution in [0.2, 0.25) is 0 Å². The number of aromatic amines is 1. The van der Waals surface area contributed by atoms with E-state index >= 15 is 0 Å². The number of pyridine rings is 1. The molecule has 1 aromatic rings. The second kappa shape index (κ2) is 5.35. The van der Waals surface area contributed by atoms with E-state index in [1.165, 1.54) is 12.3 Å². The smallest absolute Gasteiger partial charge is 0.257 e. The third-order valence-corrected chi connectivity index (χ3v) is 3.38. The Kier molecular flexibility index (Phi) is 3.81. The van der Waals surface area contributed by atoms with Crippen molar-refractivity contribution in [3.05, 3.63) is 33.7 Å². The molecule has 0 radical (unpaired) electrons. The Morgan fingerprint density at radius 2 is 2.28 bits per heavy atom. The minimum absolute atomic E-state index is 0.0898. The monoisotopic (exact) mass is 249 g/mol. The van der Waals surface area contributed by atoms with Crippen LogP contribution in [0.25, 0.3) is 0 Å². The molecule has 1 saturated heterocycles. The van der Waals surface area contributed by atoms with Gasteiger partial charge < -0.3 is 15.6 Å². The summed E-state index contributed by atoms with van der Waals surface area (Å²) in [7, 11) is 0. The molecule has 18 heavy (non-hydrogen) atoms. The van der Waals surface area contributed by atoms with E-state index in [1.54, 1.807) is 6.92 Å². The summed E-state index contributed by atoms with van der Waals surface area (Å²) in [6.45, 7) is 4.82. The lowest BCUT2D eigenvalue weighted by molar-refractivity contribution is 0.0918. The summed E-state index contributed by atoms with van der Waals surface area (Å²) in [4.78, 5) is 26.6. The fourth-order valence-corrected chi connectivity index (χ4v) is 2.24. The summed E-state index contributed by atoms with van der Waals surface area (Å²) in [6.07, 6.45) is 3.47. The number of aryl methyl sites for hydroxylation is 1. The Balaban J connectivity index is 2.09. The lowest BCUT2D eigenvalue weighted by Gasteiger charge is -2.30. The number of carbonyl (C=O) groups excluding carboxylic acids is 1. The van der Waals surface area contributed by atoms with Gasteiger partial charge in [-0.05, 0) is 33.2 Å². The van der Waals surface area contributed by atoms with Gasteiger partial charge in [-0.1, -0.05) is 0 Å².